The van der Waals surface area contributed by atoms with Gasteiger partial charge in [0, 0.05) is 12.5 Å². The second-order valence-corrected chi connectivity index (χ2v) is 5.09. The molecule has 0 spiro atoms. The average Bonchev–Trinajstić information content (AvgIpc) is 2.98. The summed E-state index contributed by atoms with van der Waals surface area (Å²) in [5.74, 6) is -1.67. The summed E-state index contributed by atoms with van der Waals surface area (Å²) in [4.78, 5) is 12.0. The number of rotatable bonds is 6. The summed E-state index contributed by atoms with van der Waals surface area (Å²) in [6.07, 6.45) is 1.46. The Kier molecular flexibility index (Phi) is 5.27. The number of hydrogen-bond acceptors (Lipinski definition) is 3. The molecule has 2 N–H and O–H groups in total. The van der Waals surface area contributed by atoms with Crippen LogP contribution in [0.25, 0.3) is 0 Å². The van der Waals surface area contributed by atoms with Crippen molar-refractivity contribution in [3.05, 3.63) is 59.6 Å². The normalized spacial score (nSPS) is 13.6. The Labute approximate surface area is 126 Å². The zero-order chi connectivity index (χ0) is 16.1. The molecule has 6 heteroatoms. The first kappa shape index (κ1) is 16.2. The van der Waals surface area contributed by atoms with E-state index in [-0.39, 0.29) is 24.5 Å². The number of aliphatic hydroxyl groups is 1. The van der Waals surface area contributed by atoms with Gasteiger partial charge in [0.1, 0.15) is 23.4 Å². The van der Waals surface area contributed by atoms with Crippen LogP contribution < -0.4 is 5.32 Å². The number of halogens is 2. The molecule has 0 aliphatic carbocycles. The van der Waals surface area contributed by atoms with Crippen molar-refractivity contribution in [2.75, 3.05) is 6.61 Å². The van der Waals surface area contributed by atoms with Crippen LogP contribution in [0.15, 0.2) is 41.0 Å². The Morgan fingerprint density at radius 1 is 1.36 bits per heavy atom. The van der Waals surface area contributed by atoms with E-state index < -0.39 is 23.6 Å². The van der Waals surface area contributed by atoms with E-state index >= 15 is 0 Å². The van der Waals surface area contributed by atoms with Crippen molar-refractivity contribution in [1.29, 1.82) is 0 Å². The summed E-state index contributed by atoms with van der Waals surface area (Å²) in [6.45, 7) is 1.37. The summed E-state index contributed by atoms with van der Waals surface area (Å²) >= 11 is 0. The standard InChI is InChI=1S/C16H17F2NO3/c1-10(12-5-4-11(17)8-13(12)18)7-16(21)19-14(9-20)15-3-2-6-22-15/h2-6,8,10,14,20H,7,9H2,1H3,(H,19,21). The minimum atomic E-state index is -0.676. The molecule has 1 amide bonds. The van der Waals surface area contributed by atoms with Gasteiger partial charge >= 0.3 is 0 Å². The third-order valence-electron chi connectivity index (χ3n) is 3.39. The molecule has 1 aromatic heterocycles. The van der Waals surface area contributed by atoms with Crippen molar-refractivity contribution in [2.24, 2.45) is 0 Å². The number of hydrogen-bond donors (Lipinski definition) is 2. The highest BCUT2D eigenvalue weighted by Crippen LogP contribution is 2.23. The Bertz CT molecular complexity index is 628. The highest BCUT2D eigenvalue weighted by atomic mass is 19.1. The number of furan rings is 1. The van der Waals surface area contributed by atoms with Crippen LogP contribution >= 0.6 is 0 Å². The summed E-state index contributed by atoms with van der Waals surface area (Å²) in [7, 11) is 0. The lowest BCUT2D eigenvalue weighted by Crippen LogP contribution is -2.31. The first-order valence-corrected chi connectivity index (χ1v) is 6.89. The van der Waals surface area contributed by atoms with Crippen molar-refractivity contribution < 1.29 is 23.1 Å². The molecule has 2 unspecified atom stereocenters. The van der Waals surface area contributed by atoms with Crippen LogP contribution in [0.2, 0.25) is 0 Å². The van der Waals surface area contributed by atoms with Crippen LogP contribution in [0.5, 0.6) is 0 Å². The predicted octanol–water partition coefficient (Wildman–Crippen LogP) is 2.90. The number of benzene rings is 1. The van der Waals surface area contributed by atoms with Crippen molar-refractivity contribution in [3.8, 4) is 0 Å². The SMILES string of the molecule is CC(CC(=O)NC(CO)c1ccco1)c1ccc(F)cc1F. The largest absolute Gasteiger partial charge is 0.467 e. The van der Waals surface area contributed by atoms with Gasteiger partial charge in [-0.2, -0.15) is 0 Å². The fraction of sp³-hybridized carbons (Fsp3) is 0.312. The molecule has 1 heterocycles. The van der Waals surface area contributed by atoms with Gasteiger partial charge < -0.3 is 14.8 Å². The molecule has 0 aliphatic heterocycles. The molecule has 22 heavy (non-hydrogen) atoms. The lowest BCUT2D eigenvalue weighted by Gasteiger charge is -2.17. The second-order valence-electron chi connectivity index (χ2n) is 5.09. The number of nitrogens with one attached hydrogen (secondary N) is 1. The molecule has 2 atom stereocenters. The van der Waals surface area contributed by atoms with Gasteiger partial charge in [0.25, 0.3) is 0 Å². The maximum atomic E-state index is 13.7. The lowest BCUT2D eigenvalue weighted by atomic mass is 9.96. The molecule has 0 aliphatic rings. The molecule has 0 bridgehead atoms. The number of carbonyl (C=O) groups excluding carboxylic acids is 1. The van der Waals surface area contributed by atoms with Gasteiger partial charge in [0.15, 0.2) is 0 Å². The van der Waals surface area contributed by atoms with Crippen molar-refractivity contribution in [2.45, 2.75) is 25.3 Å². The van der Waals surface area contributed by atoms with Crippen molar-refractivity contribution in [1.82, 2.24) is 5.32 Å². The van der Waals surface area contributed by atoms with E-state index in [9.17, 15) is 18.7 Å². The molecule has 0 fully saturated rings. The highest BCUT2D eigenvalue weighted by Gasteiger charge is 2.20. The number of aliphatic hydroxyl groups excluding tert-OH is 1. The van der Waals surface area contributed by atoms with Crippen molar-refractivity contribution in [3.63, 3.8) is 0 Å². The van der Waals surface area contributed by atoms with Gasteiger partial charge in [-0.1, -0.05) is 13.0 Å². The van der Waals surface area contributed by atoms with Gasteiger partial charge in [-0.25, -0.2) is 8.78 Å². The van der Waals surface area contributed by atoms with E-state index in [0.717, 1.165) is 12.1 Å². The van der Waals surface area contributed by atoms with Gasteiger partial charge in [-0.05, 0) is 29.7 Å². The first-order chi connectivity index (χ1) is 10.5. The summed E-state index contributed by atoms with van der Waals surface area (Å²) in [5.41, 5.74) is 0.273. The zero-order valence-corrected chi connectivity index (χ0v) is 12.1. The van der Waals surface area contributed by atoms with E-state index in [2.05, 4.69) is 5.32 Å². The molecule has 0 radical (unpaired) electrons. The topological polar surface area (TPSA) is 62.5 Å². The Morgan fingerprint density at radius 2 is 2.14 bits per heavy atom. The number of amides is 1. The van der Waals surface area contributed by atoms with Crippen LogP contribution in [-0.4, -0.2) is 17.6 Å². The maximum Gasteiger partial charge on any atom is 0.221 e. The van der Waals surface area contributed by atoms with Gasteiger partial charge in [0.2, 0.25) is 5.91 Å². The van der Waals surface area contributed by atoms with Crippen LogP contribution in [-0.2, 0) is 4.79 Å². The Balaban J connectivity index is 1.99. The lowest BCUT2D eigenvalue weighted by molar-refractivity contribution is -0.122. The van der Waals surface area contributed by atoms with Crippen LogP contribution in [0.3, 0.4) is 0 Å². The predicted molar refractivity (Wildman–Crippen MR) is 76.1 cm³/mol. The summed E-state index contributed by atoms with van der Waals surface area (Å²) in [6, 6.07) is 5.94. The smallest absolute Gasteiger partial charge is 0.221 e. The van der Waals surface area contributed by atoms with E-state index in [4.69, 9.17) is 4.42 Å². The van der Waals surface area contributed by atoms with E-state index in [0.29, 0.717) is 5.76 Å². The third-order valence-corrected chi connectivity index (χ3v) is 3.39. The quantitative estimate of drug-likeness (QED) is 0.862. The van der Waals surface area contributed by atoms with E-state index in [1.165, 1.54) is 12.3 Å². The fourth-order valence-corrected chi connectivity index (χ4v) is 2.24. The van der Waals surface area contributed by atoms with Crippen LogP contribution in [0.4, 0.5) is 8.78 Å². The Hall–Kier alpha value is -2.21. The summed E-state index contributed by atoms with van der Waals surface area (Å²) in [5, 5.41) is 11.9. The molecule has 2 aromatic rings. The summed E-state index contributed by atoms with van der Waals surface area (Å²) < 4.78 is 31.7. The van der Waals surface area contributed by atoms with Crippen LogP contribution in [0, 0.1) is 11.6 Å². The first-order valence-electron chi connectivity index (χ1n) is 6.89. The Morgan fingerprint density at radius 3 is 2.73 bits per heavy atom. The highest BCUT2D eigenvalue weighted by molar-refractivity contribution is 5.77. The van der Waals surface area contributed by atoms with E-state index in [1.54, 1.807) is 19.1 Å². The van der Waals surface area contributed by atoms with Gasteiger partial charge in [-0.15, -0.1) is 0 Å². The van der Waals surface area contributed by atoms with Crippen LogP contribution in [0.1, 0.15) is 36.6 Å². The zero-order valence-electron chi connectivity index (χ0n) is 12.1. The second kappa shape index (κ2) is 7.17. The monoisotopic (exact) mass is 309 g/mol. The fourth-order valence-electron chi connectivity index (χ4n) is 2.24. The van der Waals surface area contributed by atoms with Gasteiger partial charge in [0.05, 0.1) is 12.9 Å². The number of carbonyl (C=O) groups is 1. The maximum absolute atomic E-state index is 13.7. The average molecular weight is 309 g/mol. The molecule has 0 saturated carbocycles. The van der Waals surface area contributed by atoms with Gasteiger partial charge in [-0.3, -0.25) is 4.79 Å². The molecule has 1 aromatic carbocycles. The third kappa shape index (κ3) is 3.92. The minimum absolute atomic E-state index is 0.0137. The van der Waals surface area contributed by atoms with E-state index in [1.807, 2.05) is 0 Å². The molecule has 2 rings (SSSR count). The molecule has 0 saturated heterocycles. The minimum Gasteiger partial charge on any atom is -0.467 e. The molecule has 118 valence electrons. The molecule has 4 nitrogen and oxygen atoms in total. The molecular formula is C16H17F2NO3. The van der Waals surface area contributed by atoms with Crippen molar-refractivity contribution >= 4 is 5.91 Å². The molecular weight excluding hydrogens is 292 g/mol.